The Bertz CT molecular complexity index is 945. The fourth-order valence-corrected chi connectivity index (χ4v) is 4.11. The van der Waals surface area contributed by atoms with Crippen LogP contribution in [0.15, 0.2) is 30.3 Å². The van der Waals surface area contributed by atoms with Gasteiger partial charge in [-0.25, -0.2) is 4.98 Å². The third kappa shape index (κ3) is 3.21. The molecule has 0 spiro atoms. The summed E-state index contributed by atoms with van der Waals surface area (Å²) in [5.74, 6) is -0.255. The molecular weight excluding hydrogens is 352 g/mol. The van der Waals surface area contributed by atoms with E-state index in [9.17, 15) is 9.59 Å². The number of hydrogen-bond donors (Lipinski definition) is 2. The molecule has 1 aliphatic rings. The molecule has 7 nitrogen and oxygen atoms in total. The van der Waals surface area contributed by atoms with Gasteiger partial charge in [0.15, 0.2) is 5.13 Å². The highest BCUT2D eigenvalue weighted by molar-refractivity contribution is 7.15. The van der Waals surface area contributed by atoms with Crippen molar-refractivity contribution in [2.24, 2.45) is 0 Å². The predicted octanol–water partition coefficient (Wildman–Crippen LogP) is 2.41. The summed E-state index contributed by atoms with van der Waals surface area (Å²) in [7, 11) is 1.47. The van der Waals surface area contributed by atoms with Crippen LogP contribution >= 0.6 is 11.3 Å². The number of nitrogens with zero attached hydrogens (tertiary/aromatic N) is 2. The number of benzene rings is 1. The van der Waals surface area contributed by atoms with E-state index < -0.39 is 0 Å². The third-order valence-electron chi connectivity index (χ3n) is 4.30. The Hall–Kier alpha value is -2.71. The monoisotopic (exact) mass is 370 g/mol. The number of amides is 2. The number of hydrogen-bond acceptors (Lipinski definition) is 5. The molecule has 0 fully saturated rings. The van der Waals surface area contributed by atoms with E-state index in [0.717, 1.165) is 21.5 Å². The summed E-state index contributed by atoms with van der Waals surface area (Å²) in [5, 5.41) is 4.30. The second-order valence-electron chi connectivity index (χ2n) is 6.12. The largest absolute Gasteiger partial charge is 0.375 e. The number of anilines is 1. The lowest BCUT2D eigenvalue weighted by Gasteiger charge is -2.25. The number of rotatable bonds is 4. The van der Waals surface area contributed by atoms with Gasteiger partial charge in [-0.2, -0.15) is 0 Å². The van der Waals surface area contributed by atoms with E-state index in [-0.39, 0.29) is 18.4 Å². The summed E-state index contributed by atoms with van der Waals surface area (Å²) in [6.45, 7) is 1.10. The topological polar surface area (TPSA) is 87.3 Å². The molecule has 3 heterocycles. The maximum absolute atomic E-state index is 12.8. The molecule has 0 aliphatic carbocycles. The molecule has 4 rings (SSSR count). The van der Waals surface area contributed by atoms with Gasteiger partial charge in [0, 0.05) is 35.9 Å². The first-order chi connectivity index (χ1) is 12.6. The van der Waals surface area contributed by atoms with Crippen molar-refractivity contribution in [1.29, 1.82) is 0 Å². The lowest BCUT2D eigenvalue weighted by atomic mass is 10.1. The van der Waals surface area contributed by atoms with Crippen LogP contribution in [0.1, 0.15) is 21.1 Å². The highest BCUT2D eigenvalue weighted by atomic mass is 32.1. The number of methoxy groups -OCH3 is 1. The van der Waals surface area contributed by atoms with E-state index in [0.29, 0.717) is 30.3 Å². The summed E-state index contributed by atoms with van der Waals surface area (Å²) in [6, 6.07) is 9.72. The van der Waals surface area contributed by atoms with Crippen molar-refractivity contribution >= 4 is 39.2 Å². The van der Waals surface area contributed by atoms with Gasteiger partial charge in [0.2, 0.25) is 0 Å². The minimum atomic E-state index is -0.232. The highest BCUT2D eigenvalue weighted by Gasteiger charge is 2.26. The number of carbonyl (C=O) groups is 2. The molecular formula is C18H18N4O3S. The van der Waals surface area contributed by atoms with Crippen LogP contribution in [0, 0.1) is 0 Å². The Kier molecular flexibility index (Phi) is 4.44. The van der Waals surface area contributed by atoms with E-state index in [1.54, 1.807) is 0 Å². The fourth-order valence-electron chi connectivity index (χ4n) is 3.07. The van der Waals surface area contributed by atoms with Gasteiger partial charge in [0.25, 0.3) is 11.8 Å². The Morgan fingerprint density at radius 1 is 1.38 bits per heavy atom. The van der Waals surface area contributed by atoms with Crippen molar-refractivity contribution in [2.75, 3.05) is 25.6 Å². The zero-order valence-electron chi connectivity index (χ0n) is 14.2. The number of nitrogens with one attached hydrogen (secondary N) is 2. The SMILES string of the molecule is COCC(=O)Nc1nc2c(s1)CN(C(=O)c1cc3ccccc3[nH]1)CC2. The van der Waals surface area contributed by atoms with Crippen molar-refractivity contribution in [3.8, 4) is 0 Å². The molecule has 1 aliphatic heterocycles. The number of para-hydroxylation sites is 1. The van der Waals surface area contributed by atoms with Crippen molar-refractivity contribution in [3.05, 3.63) is 46.6 Å². The molecule has 0 unspecified atom stereocenters. The minimum absolute atomic E-state index is 0.00472. The number of fused-ring (bicyclic) bond motifs is 2. The maximum Gasteiger partial charge on any atom is 0.270 e. The molecule has 0 atom stereocenters. The van der Waals surface area contributed by atoms with Gasteiger partial charge >= 0.3 is 0 Å². The van der Waals surface area contributed by atoms with Gasteiger partial charge in [0.1, 0.15) is 12.3 Å². The molecule has 0 saturated carbocycles. The number of thiazole rings is 1. The zero-order valence-corrected chi connectivity index (χ0v) is 15.1. The van der Waals surface area contributed by atoms with Crippen LogP contribution < -0.4 is 5.32 Å². The van der Waals surface area contributed by atoms with Crippen molar-refractivity contribution in [2.45, 2.75) is 13.0 Å². The average molecular weight is 370 g/mol. The van der Waals surface area contributed by atoms with Crippen LogP contribution in [0.5, 0.6) is 0 Å². The number of H-pyrrole nitrogens is 1. The fraction of sp³-hybridized carbons (Fsp3) is 0.278. The summed E-state index contributed by atoms with van der Waals surface area (Å²) in [5.41, 5.74) is 2.49. The summed E-state index contributed by atoms with van der Waals surface area (Å²) in [6.07, 6.45) is 0.679. The standard InChI is InChI=1S/C18H18N4O3S/c1-25-10-16(23)21-18-20-13-6-7-22(9-15(13)26-18)17(24)14-8-11-4-2-3-5-12(11)19-14/h2-5,8,19H,6-7,9-10H2,1H3,(H,20,21,23). The third-order valence-corrected chi connectivity index (χ3v) is 5.30. The number of aromatic nitrogens is 2. The van der Waals surface area contributed by atoms with Crippen molar-refractivity contribution in [3.63, 3.8) is 0 Å². The first-order valence-corrected chi connectivity index (χ1v) is 9.10. The molecule has 0 saturated heterocycles. The molecule has 0 bridgehead atoms. The normalized spacial score (nSPS) is 13.7. The smallest absolute Gasteiger partial charge is 0.270 e. The highest BCUT2D eigenvalue weighted by Crippen LogP contribution is 2.29. The average Bonchev–Trinajstić information content (AvgIpc) is 3.23. The first-order valence-electron chi connectivity index (χ1n) is 8.28. The van der Waals surface area contributed by atoms with E-state index in [4.69, 9.17) is 4.74 Å². The molecule has 134 valence electrons. The van der Waals surface area contributed by atoms with Gasteiger partial charge in [-0.3, -0.25) is 14.9 Å². The quantitative estimate of drug-likeness (QED) is 0.738. The minimum Gasteiger partial charge on any atom is -0.375 e. The van der Waals surface area contributed by atoms with Crippen LogP contribution in [0.4, 0.5) is 5.13 Å². The van der Waals surface area contributed by atoms with E-state index >= 15 is 0 Å². The van der Waals surface area contributed by atoms with Crippen molar-refractivity contribution in [1.82, 2.24) is 14.9 Å². The van der Waals surface area contributed by atoms with Crippen molar-refractivity contribution < 1.29 is 14.3 Å². The second-order valence-corrected chi connectivity index (χ2v) is 7.20. The van der Waals surface area contributed by atoms with E-state index in [1.165, 1.54) is 18.4 Å². The number of carbonyl (C=O) groups excluding carboxylic acids is 2. The lowest BCUT2D eigenvalue weighted by Crippen LogP contribution is -2.35. The first kappa shape index (κ1) is 16.7. The molecule has 1 aromatic carbocycles. The summed E-state index contributed by atoms with van der Waals surface area (Å²) >= 11 is 1.41. The molecule has 3 aromatic rings. The van der Waals surface area contributed by atoms with Gasteiger partial charge in [-0.1, -0.05) is 29.5 Å². The van der Waals surface area contributed by atoms with E-state index in [1.807, 2.05) is 35.2 Å². The summed E-state index contributed by atoms with van der Waals surface area (Å²) in [4.78, 5) is 34.9. The van der Waals surface area contributed by atoms with E-state index in [2.05, 4.69) is 15.3 Å². The summed E-state index contributed by atoms with van der Waals surface area (Å²) < 4.78 is 4.81. The number of aromatic amines is 1. The van der Waals surface area contributed by atoms with Crippen LogP contribution in [0.25, 0.3) is 10.9 Å². The molecule has 26 heavy (non-hydrogen) atoms. The molecule has 2 aromatic heterocycles. The van der Waals surface area contributed by atoms with Gasteiger partial charge < -0.3 is 14.6 Å². The molecule has 8 heteroatoms. The van der Waals surface area contributed by atoms with Crippen LogP contribution in [0.3, 0.4) is 0 Å². The van der Waals surface area contributed by atoms with Gasteiger partial charge in [-0.05, 0) is 12.1 Å². The van der Waals surface area contributed by atoms with Crippen LogP contribution in [-0.4, -0.2) is 46.9 Å². The maximum atomic E-state index is 12.8. The Morgan fingerprint density at radius 2 is 2.23 bits per heavy atom. The van der Waals surface area contributed by atoms with Crippen LogP contribution in [0.2, 0.25) is 0 Å². The Labute approximate surface area is 154 Å². The van der Waals surface area contributed by atoms with Crippen LogP contribution in [-0.2, 0) is 22.5 Å². The Balaban J connectivity index is 1.50. The number of ether oxygens (including phenoxy) is 1. The molecule has 2 N–H and O–H groups in total. The second kappa shape index (κ2) is 6.89. The molecule has 2 amide bonds. The Morgan fingerprint density at radius 3 is 3.04 bits per heavy atom. The predicted molar refractivity (Wildman–Crippen MR) is 99.4 cm³/mol. The van der Waals surface area contributed by atoms with Gasteiger partial charge in [0.05, 0.1) is 12.2 Å². The molecule has 0 radical (unpaired) electrons. The lowest BCUT2D eigenvalue weighted by molar-refractivity contribution is -0.119. The van der Waals surface area contributed by atoms with Gasteiger partial charge in [-0.15, -0.1) is 0 Å². The zero-order chi connectivity index (χ0) is 18.1.